The zero-order chi connectivity index (χ0) is 12.2. The molecule has 0 N–H and O–H groups in total. The first-order valence-electron chi connectivity index (χ1n) is 6.33. The molecule has 0 saturated carbocycles. The highest BCUT2D eigenvalue weighted by Gasteiger charge is 2.37. The van der Waals surface area contributed by atoms with E-state index in [1.54, 1.807) is 0 Å². The van der Waals surface area contributed by atoms with Gasteiger partial charge in [-0.05, 0) is 47.1 Å². The fourth-order valence-electron chi connectivity index (χ4n) is 2.71. The maximum Gasteiger partial charge on any atom is 0.0760 e. The van der Waals surface area contributed by atoms with E-state index >= 15 is 0 Å². The van der Waals surface area contributed by atoms with Crippen LogP contribution >= 0.6 is 11.6 Å². The number of hydrogen-bond donors (Lipinski definition) is 0. The average molecular weight is 248 g/mol. The second-order valence-electron chi connectivity index (χ2n) is 6.08. The van der Waals surface area contributed by atoms with Gasteiger partial charge in [0.1, 0.15) is 0 Å². The Labute approximate surface area is 105 Å². The fourth-order valence-corrected chi connectivity index (χ4v) is 2.90. The first-order valence-corrected chi connectivity index (χ1v) is 6.87. The van der Waals surface area contributed by atoms with Crippen LogP contribution < -0.4 is 0 Å². The molecule has 1 aliphatic rings. The lowest BCUT2D eigenvalue weighted by Crippen LogP contribution is -2.57. The number of unbranched alkanes of at least 4 members (excludes halogenated alkanes) is 2. The molecule has 0 aromatic rings. The number of alkyl halides is 1. The predicted octanol–water partition coefficient (Wildman–Crippen LogP) is 3.28. The van der Waals surface area contributed by atoms with Crippen LogP contribution in [0.15, 0.2) is 0 Å². The monoisotopic (exact) mass is 247 g/mol. The Kier molecular flexibility index (Phi) is 5.09. The Hall–Kier alpha value is 0.210. The number of nitrogens with zero attached hydrogens (tertiary/aromatic N) is 1. The van der Waals surface area contributed by atoms with Gasteiger partial charge < -0.3 is 4.74 Å². The number of hydrogen-bond acceptors (Lipinski definition) is 2. The van der Waals surface area contributed by atoms with Gasteiger partial charge in [-0.15, -0.1) is 11.6 Å². The lowest BCUT2D eigenvalue weighted by molar-refractivity contribution is -0.180. The van der Waals surface area contributed by atoms with E-state index in [2.05, 4.69) is 32.6 Å². The molecule has 3 heteroatoms. The Bertz CT molecular complexity index is 200. The van der Waals surface area contributed by atoms with E-state index in [0.717, 1.165) is 25.4 Å². The highest BCUT2D eigenvalue weighted by Crippen LogP contribution is 2.28. The van der Waals surface area contributed by atoms with Gasteiger partial charge in [-0.2, -0.15) is 0 Å². The minimum absolute atomic E-state index is 0.0196. The Balaban J connectivity index is 2.36. The van der Waals surface area contributed by atoms with Gasteiger partial charge in [0.25, 0.3) is 0 Å². The SMILES string of the molecule is CC1(C)CN(CCCCCCl)CC(C)(C)O1. The number of ether oxygens (including phenoxy) is 1. The molecule has 0 bridgehead atoms. The van der Waals surface area contributed by atoms with Gasteiger partial charge in [0, 0.05) is 19.0 Å². The van der Waals surface area contributed by atoms with E-state index in [1.807, 2.05) is 0 Å². The van der Waals surface area contributed by atoms with Crippen LogP contribution in [0, 0.1) is 0 Å². The molecule has 0 spiro atoms. The maximum absolute atomic E-state index is 6.06. The summed E-state index contributed by atoms with van der Waals surface area (Å²) in [6.07, 6.45) is 3.62. The topological polar surface area (TPSA) is 12.5 Å². The van der Waals surface area contributed by atoms with Crippen molar-refractivity contribution < 1.29 is 4.74 Å². The smallest absolute Gasteiger partial charge is 0.0760 e. The lowest BCUT2D eigenvalue weighted by atomic mass is 9.98. The lowest BCUT2D eigenvalue weighted by Gasteiger charge is -2.47. The maximum atomic E-state index is 6.06. The molecular formula is C13H26ClNO. The molecule has 0 atom stereocenters. The van der Waals surface area contributed by atoms with E-state index in [9.17, 15) is 0 Å². The van der Waals surface area contributed by atoms with Gasteiger partial charge in [-0.1, -0.05) is 6.42 Å². The zero-order valence-corrected chi connectivity index (χ0v) is 11.9. The molecule has 0 radical (unpaired) electrons. The summed E-state index contributed by atoms with van der Waals surface area (Å²) >= 11 is 5.68. The quantitative estimate of drug-likeness (QED) is 0.546. The van der Waals surface area contributed by atoms with Crippen molar-refractivity contribution >= 4 is 11.6 Å². The molecule has 2 nitrogen and oxygen atoms in total. The molecule has 1 rings (SSSR count). The molecular weight excluding hydrogens is 222 g/mol. The normalized spacial score (nSPS) is 24.6. The van der Waals surface area contributed by atoms with Crippen LogP contribution in [0.4, 0.5) is 0 Å². The van der Waals surface area contributed by atoms with Crippen LogP contribution in [0.2, 0.25) is 0 Å². The summed E-state index contributed by atoms with van der Waals surface area (Å²) in [5.41, 5.74) is -0.0392. The van der Waals surface area contributed by atoms with Crippen molar-refractivity contribution in [3.05, 3.63) is 0 Å². The van der Waals surface area contributed by atoms with E-state index in [0.29, 0.717) is 0 Å². The number of rotatable bonds is 5. The fraction of sp³-hybridized carbons (Fsp3) is 1.00. The van der Waals surface area contributed by atoms with Crippen LogP contribution in [-0.4, -0.2) is 41.6 Å². The van der Waals surface area contributed by atoms with E-state index in [4.69, 9.17) is 16.3 Å². The average Bonchev–Trinajstić information content (AvgIpc) is 2.07. The molecule has 0 aliphatic carbocycles. The van der Waals surface area contributed by atoms with Crippen molar-refractivity contribution in [3.63, 3.8) is 0 Å². The molecule has 1 saturated heterocycles. The Morgan fingerprint density at radius 1 is 1.00 bits per heavy atom. The highest BCUT2D eigenvalue weighted by atomic mass is 35.5. The van der Waals surface area contributed by atoms with Crippen molar-refractivity contribution in [2.24, 2.45) is 0 Å². The Morgan fingerprint density at radius 3 is 2.06 bits per heavy atom. The van der Waals surface area contributed by atoms with Crippen molar-refractivity contribution in [1.82, 2.24) is 4.90 Å². The molecule has 0 aromatic carbocycles. The van der Waals surface area contributed by atoms with Gasteiger partial charge in [0.2, 0.25) is 0 Å². The summed E-state index contributed by atoms with van der Waals surface area (Å²) in [6.45, 7) is 12.0. The first kappa shape index (κ1) is 14.3. The van der Waals surface area contributed by atoms with E-state index < -0.39 is 0 Å². The van der Waals surface area contributed by atoms with Crippen LogP contribution in [0.5, 0.6) is 0 Å². The third kappa shape index (κ3) is 5.03. The van der Waals surface area contributed by atoms with Gasteiger partial charge in [-0.3, -0.25) is 4.90 Å². The van der Waals surface area contributed by atoms with E-state index in [1.165, 1.54) is 19.4 Å². The van der Waals surface area contributed by atoms with Crippen LogP contribution in [-0.2, 0) is 4.74 Å². The van der Waals surface area contributed by atoms with Crippen molar-refractivity contribution in [2.45, 2.75) is 58.2 Å². The molecule has 1 heterocycles. The van der Waals surface area contributed by atoms with Gasteiger partial charge in [-0.25, -0.2) is 0 Å². The summed E-state index contributed by atoms with van der Waals surface area (Å²) in [5, 5.41) is 0. The standard InChI is InChI=1S/C13H26ClNO/c1-12(2)10-15(9-7-5-6-8-14)11-13(3,4)16-12/h5-11H2,1-4H3. The van der Waals surface area contributed by atoms with Gasteiger partial charge in [0.05, 0.1) is 11.2 Å². The van der Waals surface area contributed by atoms with Crippen molar-refractivity contribution in [1.29, 1.82) is 0 Å². The summed E-state index contributed by atoms with van der Waals surface area (Å²) < 4.78 is 6.06. The van der Waals surface area contributed by atoms with Crippen LogP contribution in [0.25, 0.3) is 0 Å². The second kappa shape index (κ2) is 5.70. The predicted molar refractivity (Wildman–Crippen MR) is 70.3 cm³/mol. The third-order valence-electron chi connectivity index (χ3n) is 2.87. The summed E-state index contributed by atoms with van der Waals surface area (Å²) in [6, 6.07) is 0. The van der Waals surface area contributed by atoms with Gasteiger partial charge >= 0.3 is 0 Å². The molecule has 1 fully saturated rings. The third-order valence-corrected chi connectivity index (χ3v) is 3.14. The summed E-state index contributed by atoms with van der Waals surface area (Å²) in [4.78, 5) is 2.53. The van der Waals surface area contributed by atoms with Crippen LogP contribution in [0.1, 0.15) is 47.0 Å². The molecule has 0 unspecified atom stereocenters. The van der Waals surface area contributed by atoms with Gasteiger partial charge in [0.15, 0.2) is 0 Å². The van der Waals surface area contributed by atoms with Crippen LogP contribution in [0.3, 0.4) is 0 Å². The first-order chi connectivity index (χ1) is 7.35. The van der Waals surface area contributed by atoms with Crippen molar-refractivity contribution in [2.75, 3.05) is 25.5 Å². The number of morpholine rings is 1. The minimum Gasteiger partial charge on any atom is -0.367 e. The van der Waals surface area contributed by atoms with E-state index in [-0.39, 0.29) is 11.2 Å². The summed E-state index contributed by atoms with van der Waals surface area (Å²) in [7, 11) is 0. The zero-order valence-electron chi connectivity index (χ0n) is 11.2. The molecule has 96 valence electrons. The highest BCUT2D eigenvalue weighted by molar-refractivity contribution is 6.17. The second-order valence-corrected chi connectivity index (χ2v) is 6.46. The molecule has 1 aliphatic heterocycles. The molecule has 0 amide bonds. The molecule has 16 heavy (non-hydrogen) atoms. The largest absolute Gasteiger partial charge is 0.367 e. The minimum atomic E-state index is -0.0196. The number of halogens is 1. The summed E-state index contributed by atoms with van der Waals surface area (Å²) in [5.74, 6) is 0.792. The molecule has 0 aromatic heterocycles. The Morgan fingerprint density at radius 2 is 1.56 bits per heavy atom. The van der Waals surface area contributed by atoms with Crippen molar-refractivity contribution in [3.8, 4) is 0 Å².